The molecular formula is C19H22F3N3O2S2. The fourth-order valence-electron chi connectivity index (χ4n) is 3.42. The molecule has 2 unspecified atom stereocenters. The Bertz CT molecular complexity index is 892. The van der Waals surface area contributed by atoms with Crippen LogP contribution in [-0.2, 0) is 16.1 Å². The average molecular weight is 446 g/mol. The van der Waals surface area contributed by atoms with Crippen LogP contribution in [0.15, 0.2) is 12.1 Å². The normalized spacial score (nSPS) is 19.8. The number of nitrogens with zero attached hydrogens (tertiary/aromatic N) is 1. The monoisotopic (exact) mass is 445 g/mol. The van der Waals surface area contributed by atoms with Gasteiger partial charge in [-0.15, -0.1) is 22.7 Å². The summed E-state index contributed by atoms with van der Waals surface area (Å²) in [7, 11) is 0. The van der Waals surface area contributed by atoms with E-state index in [9.17, 15) is 22.8 Å². The molecule has 0 spiro atoms. The number of halogens is 3. The van der Waals surface area contributed by atoms with Crippen molar-refractivity contribution in [1.29, 1.82) is 0 Å². The lowest BCUT2D eigenvalue weighted by Gasteiger charge is -2.29. The Morgan fingerprint density at radius 2 is 2.00 bits per heavy atom. The Morgan fingerprint density at radius 3 is 2.69 bits per heavy atom. The van der Waals surface area contributed by atoms with Gasteiger partial charge in [0, 0.05) is 22.6 Å². The first-order chi connectivity index (χ1) is 13.6. The lowest BCUT2D eigenvalue weighted by Crippen LogP contribution is -2.34. The van der Waals surface area contributed by atoms with Crippen LogP contribution < -0.4 is 10.6 Å². The molecule has 10 heteroatoms. The van der Waals surface area contributed by atoms with Gasteiger partial charge < -0.3 is 10.6 Å². The summed E-state index contributed by atoms with van der Waals surface area (Å²) in [6, 6.07) is 3.82. The standard InChI is InChI=1S/C19H22F3N3O2S2/c1-10-16(15-7-6-14(29-15)9-23-11(2)26)24-18(28-10)25-17(27)12-4-3-5-13(8-12)19(20,21)22/h6-7,12-13H,3-5,8-9H2,1-2H3,(H,23,26)(H,24,25,27). The summed E-state index contributed by atoms with van der Waals surface area (Å²) in [5.41, 5.74) is 0.737. The molecule has 2 heterocycles. The number of aryl methyl sites for hydroxylation is 1. The highest BCUT2D eigenvalue weighted by molar-refractivity contribution is 7.18. The number of nitrogens with one attached hydrogen (secondary N) is 2. The summed E-state index contributed by atoms with van der Waals surface area (Å²) in [5, 5.41) is 5.85. The minimum Gasteiger partial charge on any atom is -0.351 e. The van der Waals surface area contributed by atoms with E-state index in [1.165, 1.54) is 29.6 Å². The Labute approximate surface area is 174 Å². The lowest BCUT2D eigenvalue weighted by molar-refractivity contribution is -0.185. The summed E-state index contributed by atoms with van der Waals surface area (Å²) in [4.78, 5) is 30.8. The first-order valence-corrected chi connectivity index (χ1v) is 11.0. The van der Waals surface area contributed by atoms with Crippen LogP contribution in [0, 0.1) is 18.8 Å². The second-order valence-electron chi connectivity index (χ2n) is 7.19. The molecule has 2 aromatic rings. The maximum absolute atomic E-state index is 13.0. The van der Waals surface area contributed by atoms with E-state index < -0.39 is 23.9 Å². The molecule has 3 rings (SSSR count). The van der Waals surface area contributed by atoms with Gasteiger partial charge in [0.25, 0.3) is 0 Å². The molecule has 2 N–H and O–H groups in total. The molecule has 5 nitrogen and oxygen atoms in total. The Balaban J connectivity index is 1.66. The van der Waals surface area contributed by atoms with Gasteiger partial charge in [0.05, 0.1) is 23.0 Å². The van der Waals surface area contributed by atoms with E-state index in [2.05, 4.69) is 15.6 Å². The molecule has 2 atom stereocenters. The number of thiophene rings is 1. The molecule has 1 fully saturated rings. The van der Waals surface area contributed by atoms with Crippen LogP contribution >= 0.6 is 22.7 Å². The lowest BCUT2D eigenvalue weighted by atomic mass is 9.80. The third kappa shape index (κ3) is 5.57. The summed E-state index contributed by atoms with van der Waals surface area (Å²) in [5.74, 6) is -2.55. The van der Waals surface area contributed by atoms with Crippen LogP contribution in [0.1, 0.15) is 42.4 Å². The third-order valence-electron chi connectivity index (χ3n) is 4.94. The third-order valence-corrected chi connectivity index (χ3v) is 6.92. The molecule has 158 valence electrons. The second kappa shape index (κ2) is 8.83. The molecule has 29 heavy (non-hydrogen) atoms. The number of hydrogen-bond acceptors (Lipinski definition) is 5. The molecule has 1 saturated carbocycles. The van der Waals surface area contributed by atoms with Crippen LogP contribution in [0.5, 0.6) is 0 Å². The van der Waals surface area contributed by atoms with Crippen molar-refractivity contribution in [1.82, 2.24) is 10.3 Å². The molecular weight excluding hydrogens is 423 g/mol. The molecule has 1 aliphatic carbocycles. The minimum atomic E-state index is -4.25. The molecule has 1 aliphatic rings. The van der Waals surface area contributed by atoms with Crippen molar-refractivity contribution < 1.29 is 22.8 Å². The van der Waals surface area contributed by atoms with Crippen molar-refractivity contribution in [3.05, 3.63) is 21.9 Å². The summed E-state index contributed by atoms with van der Waals surface area (Å²) in [6.07, 6.45) is -3.46. The highest BCUT2D eigenvalue weighted by Gasteiger charge is 2.43. The first kappa shape index (κ1) is 21.8. The van der Waals surface area contributed by atoms with Gasteiger partial charge in [-0.1, -0.05) is 6.42 Å². The minimum absolute atomic E-state index is 0.0903. The molecule has 2 aromatic heterocycles. The molecule has 0 aliphatic heterocycles. The maximum atomic E-state index is 13.0. The van der Waals surface area contributed by atoms with Gasteiger partial charge >= 0.3 is 6.18 Å². The predicted octanol–water partition coefficient (Wildman–Crippen LogP) is 5.12. The number of rotatable bonds is 5. The topological polar surface area (TPSA) is 71.1 Å². The van der Waals surface area contributed by atoms with E-state index >= 15 is 0 Å². The van der Waals surface area contributed by atoms with Gasteiger partial charge in [-0.3, -0.25) is 9.59 Å². The fourth-order valence-corrected chi connectivity index (χ4v) is 5.31. The fraction of sp³-hybridized carbons (Fsp3) is 0.526. The number of carbonyl (C=O) groups excluding carboxylic acids is 2. The number of amides is 2. The van der Waals surface area contributed by atoms with Gasteiger partial charge in [-0.25, -0.2) is 4.98 Å². The van der Waals surface area contributed by atoms with E-state index in [0.29, 0.717) is 24.5 Å². The van der Waals surface area contributed by atoms with Crippen LogP contribution in [0.2, 0.25) is 0 Å². The number of hydrogen-bond donors (Lipinski definition) is 2. The molecule has 0 saturated heterocycles. The van der Waals surface area contributed by atoms with Gasteiger partial charge in [0.15, 0.2) is 5.13 Å². The number of carbonyl (C=O) groups is 2. The van der Waals surface area contributed by atoms with E-state index in [1.54, 1.807) is 0 Å². The zero-order valence-electron chi connectivity index (χ0n) is 16.1. The number of anilines is 1. The SMILES string of the molecule is CC(=O)NCc1ccc(-c2nc(NC(=O)C3CCCC(C(F)(F)F)C3)sc2C)s1. The number of aromatic nitrogens is 1. The Morgan fingerprint density at radius 1 is 1.24 bits per heavy atom. The van der Waals surface area contributed by atoms with E-state index in [-0.39, 0.29) is 18.7 Å². The van der Waals surface area contributed by atoms with E-state index in [0.717, 1.165) is 20.3 Å². The zero-order valence-corrected chi connectivity index (χ0v) is 17.7. The van der Waals surface area contributed by atoms with Gasteiger partial charge in [-0.2, -0.15) is 13.2 Å². The van der Waals surface area contributed by atoms with Crippen molar-refractivity contribution in [2.75, 3.05) is 5.32 Å². The van der Waals surface area contributed by atoms with Crippen LogP contribution in [0.3, 0.4) is 0 Å². The van der Waals surface area contributed by atoms with Gasteiger partial charge in [0.1, 0.15) is 0 Å². The first-order valence-electron chi connectivity index (χ1n) is 9.32. The van der Waals surface area contributed by atoms with E-state index in [1.807, 2.05) is 19.1 Å². The highest BCUT2D eigenvalue weighted by Crippen LogP contribution is 2.41. The second-order valence-corrected chi connectivity index (χ2v) is 9.56. The van der Waals surface area contributed by atoms with Gasteiger partial charge in [0.2, 0.25) is 11.8 Å². The summed E-state index contributed by atoms with van der Waals surface area (Å²) in [6.45, 7) is 3.78. The summed E-state index contributed by atoms with van der Waals surface area (Å²) >= 11 is 2.80. The molecule has 2 amide bonds. The smallest absolute Gasteiger partial charge is 0.351 e. The number of thiazole rings is 1. The van der Waals surface area contributed by atoms with Crippen LogP contribution in [0.4, 0.5) is 18.3 Å². The van der Waals surface area contributed by atoms with Gasteiger partial charge in [-0.05, 0) is 38.3 Å². The quantitative estimate of drug-likeness (QED) is 0.671. The molecule has 0 bridgehead atoms. The molecule has 0 radical (unpaired) electrons. The Kier molecular flexibility index (Phi) is 6.62. The van der Waals surface area contributed by atoms with Crippen molar-refractivity contribution >= 4 is 39.6 Å². The predicted molar refractivity (Wildman–Crippen MR) is 108 cm³/mol. The van der Waals surface area contributed by atoms with Crippen molar-refractivity contribution in [3.63, 3.8) is 0 Å². The van der Waals surface area contributed by atoms with Crippen molar-refractivity contribution in [2.24, 2.45) is 11.8 Å². The Hall–Kier alpha value is -1.94. The average Bonchev–Trinajstić information content (AvgIpc) is 3.25. The number of alkyl halides is 3. The maximum Gasteiger partial charge on any atom is 0.391 e. The van der Waals surface area contributed by atoms with Crippen molar-refractivity contribution in [3.8, 4) is 10.6 Å². The van der Waals surface area contributed by atoms with Crippen molar-refractivity contribution in [2.45, 2.75) is 52.3 Å². The van der Waals surface area contributed by atoms with E-state index in [4.69, 9.17) is 0 Å². The summed E-state index contributed by atoms with van der Waals surface area (Å²) < 4.78 is 39.0. The van der Waals surface area contributed by atoms with Crippen LogP contribution in [-0.4, -0.2) is 23.0 Å². The zero-order chi connectivity index (χ0) is 21.2. The highest BCUT2D eigenvalue weighted by atomic mass is 32.1. The molecule has 0 aromatic carbocycles. The van der Waals surface area contributed by atoms with Crippen LogP contribution in [0.25, 0.3) is 10.6 Å². The largest absolute Gasteiger partial charge is 0.391 e.